The van der Waals surface area contributed by atoms with Gasteiger partial charge in [0.15, 0.2) is 27.1 Å². The average Bonchev–Trinajstić information content (AvgIpc) is 3.17. The first kappa shape index (κ1) is 17.4. The summed E-state index contributed by atoms with van der Waals surface area (Å²) in [6.07, 6.45) is 0.518. The van der Waals surface area contributed by atoms with Crippen LogP contribution in [0.2, 0.25) is 0 Å². The van der Waals surface area contributed by atoms with Crippen LogP contribution >= 0.6 is 0 Å². The van der Waals surface area contributed by atoms with Crippen LogP contribution in [0.4, 0.5) is 5.82 Å². The Hall–Kier alpha value is -2.42. The third-order valence-corrected chi connectivity index (χ3v) is 6.14. The smallest absolute Gasteiger partial charge is 0.183 e. The molecule has 0 bridgehead atoms. The summed E-state index contributed by atoms with van der Waals surface area (Å²) in [7, 11) is 0.312. The number of rotatable bonds is 5. The maximum atomic E-state index is 12.0. The van der Waals surface area contributed by atoms with Gasteiger partial charge in [-0.15, -0.1) is 5.10 Å². The van der Waals surface area contributed by atoms with Crippen LogP contribution in [0.25, 0.3) is 5.69 Å². The Labute approximate surface area is 146 Å². The van der Waals surface area contributed by atoms with E-state index in [0.29, 0.717) is 23.7 Å². The molecule has 2 aromatic rings. The summed E-state index contributed by atoms with van der Waals surface area (Å²) in [4.78, 5) is 13.8. The fourth-order valence-electron chi connectivity index (χ4n) is 2.97. The number of hydrogen-bond donors (Lipinski definition) is 0. The molecule has 25 heavy (non-hydrogen) atoms. The fraction of sp³-hybridized carbons (Fsp3) is 0.438. The van der Waals surface area contributed by atoms with Crippen molar-refractivity contribution in [3.8, 4) is 11.4 Å². The second kappa shape index (κ2) is 6.47. The van der Waals surface area contributed by atoms with Gasteiger partial charge in [-0.25, -0.2) is 8.42 Å². The van der Waals surface area contributed by atoms with Gasteiger partial charge in [0.1, 0.15) is 5.75 Å². The van der Waals surface area contributed by atoms with E-state index in [1.54, 1.807) is 48.0 Å². The lowest BCUT2D eigenvalue weighted by atomic mass is 10.2. The van der Waals surface area contributed by atoms with Crippen LogP contribution in [0.15, 0.2) is 24.3 Å². The maximum Gasteiger partial charge on any atom is 0.183 e. The van der Waals surface area contributed by atoms with Gasteiger partial charge in [0.25, 0.3) is 0 Å². The van der Waals surface area contributed by atoms with E-state index in [2.05, 4.69) is 10.3 Å². The van der Waals surface area contributed by atoms with Gasteiger partial charge in [0, 0.05) is 20.0 Å². The number of sulfone groups is 1. The lowest BCUT2D eigenvalue weighted by Crippen LogP contribution is -2.35. The SMILES string of the molecule is COc1ccc(-n2nnc(C(C)=O)c2N(C)C2CCS(=O)(=O)C2)cc1. The second-order valence-electron chi connectivity index (χ2n) is 6.10. The van der Waals surface area contributed by atoms with E-state index < -0.39 is 9.84 Å². The number of ketones is 1. The normalized spacial score (nSPS) is 18.9. The molecule has 8 nitrogen and oxygen atoms in total. The predicted molar refractivity (Wildman–Crippen MR) is 93.4 cm³/mol. The highest BCUT2D eigenvalue weighted by Crippen LogP contribution is 2.28. The molecule has 1 fully saturated rings. The molecule has 1 aliphatic rings. The Morgan fingerprint density at radius 1 is 1.32 bits per heavy atom. The number of methoxy groups -OCH3 is 1. The van der Waals surface area contributed by atoms with E-state index in [-0.39, 0.29) is 29.0 Å². The van der Waals surface area contributed by atoms with Crippen molar-refractivity contribution in [3.05, 3.63) is 30.0 Å². The largest absolute Gasteiger partial charge is 0.497 e. The summed E-state index contributed by atoms with van der Waals surface area (Å²) in [5.41, 5.74) is 0.936. The minimum absolute atomic E-state index is 0.0641. The van der Waals surface area contributed by atoms with Crippen LogP contribution in [-0.2, 0) is 9.84 Å². The van der Waals surface area contributed by atoms with Crippen LogP contribution in [0.5, 0.6) is 5.75 Å². The topological polar surface area (TPSA) is 94.4 Å². The number of aromatic nitrogens is 3. The van der Waals surface area contributed by atoms with Crippen molar-refractivity contribution in [3.63, 3.8) is 0 Å². The Bertz CT molecular complexity index is 889. The van der Waals surface area contributed by atoms with Crippen LogP contribution in [0.3, 0.4) is 0 Å². The highest BCUT2D eigenvalue weighted by Gasteiger charge is 2.34. The van der Waals surface area contributed by atoms with Crippen molar-refractivity contribution in [2.24, 2.45) is 0 Å². The van der Waals surface area contributed by atoms with Crippen LogP contribution in [0.1, 0.15) is 23.8 Å². The molecule has 3 rings (SSSR count). The molecular weight excluding hydrogens is 344 g/mol. The Kier molecular flexibility index (Phi) is 4.51. The molecule has 1 saturated heterocycles. The van der Waals surface area contributed by atoms with Crippen LogP contribution in [-0.4, -0.2) is 60.9 Å². The molecule has 2 heterocycles. The highest BCUT2D eigenvalue weighted by molar-refractivity contribution is 7.91. The Balaban J connectivity index is 2.04. The number of carbonyl (C=O) groups excluding carboxylic acids is 1. The summed E-state index contributed by atoms with van der Waals surface area (Å²) in [6, 6.07) is 6.97. The zero-order valence-corrected chi connectivity index (χ0v) is 15.2. The van der Waals surface area contributed by atoms with E-state index in [0.717, 1.165) is 0 Å². The molecule has 9 heteroatoms. The van der Waals surface area contributed by atoms with Gasteiger partial charge in [0.05, 0.1) is 24.3 Å². The molecule has 0 N–H and O–H groups in total. The molecule has 0 amide bonds. The molecule has 0 radical (unpaired) electrons. The van der Waals surface area contributed by atoms with E-state index in [1.807, 2.05) is 0 Å². The molecule has 0 saturated carbocycles. The second-order valence-corrected chi connectivity index (χ2v) is 8.32. The summed E-state index contributed by atoms with van der Waals surface area (Å²) in [5, 5.41) is 8.11. The zero-order chi connectivity index (χ0) is 18.2. The molecule has 1 unspecified atom stereocenters. The van der Waals surface area contributed by atoms with Gasteiger partial charge < -0.3 is 9.64 Å². The first-order chi connectivity index (χ1) is 11.8. The third kappa shape index (κ3) is 3.37. The van der Waals surface area contributed by atoms with Gasteiger partial charge in [-0.05, 0) is 30.7 Å². The molecule has 1 atom stereocenters. The number of hydrogen-bond acceptors (Lipinski definition) is 7. The van der Waals surface area contributed by atoms with Crippen molar-refractivity contribution in [2.45, 2.75) is 19.4 Å². The van der Waals surface area contributed by atoms with E-state index >= 15 is 0 Å². The summed E-state index contributed by atoms with van der Waals surface area (Å²) < 4.78 is 30.3. The van der Waals surface area contributed by atoms with Crippen molar-refractivity contribution in [1.29, 1.82) is 0 Å². The Morgan fingerprint density at radius 2 is 2.00 bits per heavy atom. The fourth-order valence-corrected chi connectivity index (χ4v) is 4.75. The molecule has 134 valence electrons. The number of nitrogens with zero attached hydrogens (tertiary/aromatic N) is 4. The van der Waals surface area contributed by atoms with Gasteiger partial charge in [-0.1, -0.05) is 5.21 Å². The minimum Gasteiger partial charge on any atom is -0.497 e. The maximum absolute atomic E-state index is 12.0. The molecule has 0 aliphatic carbocycles. The van der Waals surface area contributed by atoms with Gasteiger partial charge in [0.2, 0.25) is 0 Å². The number of carbonyl (C=O) groups is 1. The number of ether oxygens (including phenoxy) is 1. The Morgan fingerprint density at radius 3 is 2.52 bits per heavy atom. The van der Waals surface area contributed by atoms with Crippen molar-refractivity contribution < 1.29 is 17.9 Å². The standard InChI is InChI=1S/C16H20N4O4S/c1-11(21)15-16(19(2)13-8-9-25(22,23)10-13)20(18-17-15)12-4-6-14(24-3)7-5-12/h4-7,13H,8-10H2,1-3H3. The quantitative estimate of drug-likeness (QED) is 0.733. The van der Waals surface area contributed by atoms with E-state index in [1.165, 1.54) is 6.92 Å². The number of benzene rings is 1. The molecule has 1 aromatic heterocycles. The van der Waals surface area contributed by atoms with E-state index in [4.69, 9.17) is 4.74 Å². The third-order valence-electron chi connectivity index (χ3n) is 4.39. The lowest BCUT2D eigenvalue weighted by molar-refractivity contribution is 0.101. The number of anilines is 1. The van der Waals surface area contributed by atoms with Crippen molar-refractivity contribution in [1.82, 2.24) is 15.0 Å². The van der Waals surface area contributed by atoms with Gasteiger partial charge in [-0.2, -0.15) is 4.68 Å². The predicted octanol–water partition coefficient (Wildman–Crippen LogP) is 1.10. The highest BCUT2D eigenvalue weighted by atomic mass is 32.2. The number of Topliss-reactive ketones (excluding diaryl/α,β-unsaturated/α-hetero) is 1. The van der Waals surface area contributed by atoms with Crippen LogP contribution < -0.4 is 9.64 Å². The lowest BCUT2D eigenvalue weighted by Gasteiger charge is -2.26. The first-order valence-corrected chi connectivity index (χ1v) is 9.69. The first-order valence-electron chi connectivity index (χ1n) is 7.86. The minimum atomic E-state index is -3.04. The monoisotopic (exact) mass is 364 g/mol. The van der Waals surface area contributed by atoms with Gasteiger partial charge in [-0.3, -0.25) is 4.79 Å². The molecule has 1 aromatic carbocycles. The van der Waals surface area contributed by atoms with Gasteiger partial charge >= 0.3 is 0 Å². The van der Waals surface area contributed by atoms with Crippen molar-refractivity contribution >= 4 is 21.4 Å². The van der Waals surface area contributed by atoms with Crippen LogP contribution in [0, 0.1) is 0 Å². The summed E-state index contributed by atoms with van der Waals surface area (Å²) >= 11 is 0. The van der Waals surface area contributed by atoms with Crippen molar-refractivity contribution in [2.75, 3.05) is 30.6 Å². The zero-order valence-electron chi connectivity index (χ0n) is 14.3. The van der Waals surface area contributed by atoms with E-state index in [9.17, 15) is 13.2 Å². The summed E-state index contributed by atoms with van der Waals surface area (Å²) in [5.74, 6) is 1.20. The molecule has 1 aliphatic heterocycles. The summed E-state index contributed by atoms with van der Waals surface area (Å²) in [6.45, 7) is 1.42. The average molecular weight is 364 g/mol. The molecular formula is C16H20N4O4S. The molecule has 0 spiro atoms.